The quantitative estimate of drug-likeness (QED) is 0.704. The third kappa shape index (κ3) is 2.91. The molecule has 1 atom stereocenters. The van der Waals surface area contributed by atoms with Gasteiger partial charge in [0.25, 0.3) is 5.78 Å². The highest BCUT2D eigenvalue weighted by atomic mass is 32.1. The standard InChI is InChI=1S/C20H19N3O2S/c1-3-13-8-9-16-14(10-13)19(24)20(25)23(16)12-22(2)11-18-21-15-6-4-5-7-17(15)26-18/h4-10H,3,11-12H2,1-2H3/p+1. The number of para-hydroxylation sites is 1. The van der Waals surface area contributed by atoms with Crippen molar-refractivity contribution in [2.75, 3.05) is 18.6 Å². The Bertz CT molecular complexity index is 978. The molecule has 1 N–H and O–H groups in total. The van der Waals surface area contributed by atoms with Crippen LogP contribution >= 0.6 is 11.3 Å². The number of nitrogens with one attached hydrogen (secondary N) is 1. The van der Waals surface area contributed by atoms with E-state index in [-0.39, 0.29) is 0 Å². The first-order chi connectivity index (χ1) is 12.6. The second-order valence-corrected chi connectivity index (χ2v) is 7.75. The smallest absolute Gasteiger partial charge is 0.303 e. The summed E-state index contributed by atoms with van der Waals surface area (Å²) < 4.78 is 1.17. The van der Waals surface area contributed by atoms with Crippen LogP contribution in [0.1, 0.15) is 27.9 Å². The SMILES string of the molecule is CCc1ccc2c(c1)C(=O)C(=O)N2C[NH+](C)Cc1nc2ccccc2s1. The Morgan fingerprint density at radius 2 is 1.96 bits per heavy atom. The molecule has 0 saturated heterocycles. The molecule has 4 rings (SSSR count). The first kappa shape index (κ1) is 16.9. The number of hydrogen-bond donors (Lipinski definition) is 1. The number of carbonyl (C=O) groups excluding carboxylic acids is 2. The third-order valence-electron chi connectivity index (χ3n) is 4.66. The topological polar surface area (TPSA) is 54.7 Å². The molecular weight excluding hydrogens is 346 g/mol. The number of anilines is 1. The molecule has 6 heteroatoms. The number of hydrogen-bond acceptors (Lipinski definition) is 4. The molecule has 3 aromatic rings. The number of Topliss-reactive ketones (excluding diaryl/α,β-unsaturated/α-hetero) is 1. The summed E-state index contributed by atoms with van der Waals surface area (Å²) in [5, 5.41) is 1.03. The second-order valence-electron chi connectivity index (χ2n) is 6.63. The van der Waals surface area contributed by atoms with Crippen LogP contribution in [0.25, 0.3) is 10.2 Å². The van der Waals surface area contributed by atoms with Crippen molar-refractivity contribution in [3.05, 3.63) is 58.6 Å². The molecule has 1 aliphatic heterocycles. The largest absolute Gasteiger partial charge is 0.314 e. The molecule has 1 aromatic heterocycles. The molecule has 0 bridgehead atoms. The number of benzene rings is 2. The Morgan fingerprint density at radius 3 is 2.73 bits per heavy atom. The molecular formula is C20H20N3O2S+. The van der Waals surface area contributed by atoms with Crippen LogP contribution in [0.4, 0.5) is 5.69 Å². The number of aromatic nitrogens is 1. The van der Waals surface area contributed by atoms with Gasteiger partial charge < -0.3 is 4.90 Å². The van der Waals surface area contributed by atoms with E-state index in [1.54, 1.807) is 16.2 Å². The van der Waals surface area contributed by atoms with Gasteiger partial charge in [-0.2, -0.15) is 0 Å². The second kappa shape index (κ2) is 6.63. The van der Waals surface area contributed by atoms with E-state index in [1.807, 2.05) is 50.4 Å². The zero-order valence-electron chi connectivity index (χ0n) is 14.8. The lowest BCUT2D eigenvalue weighted by Crippen LogP contribution is -3.09. The van der Waals surface area contributed by atoms with Crippen LogP contribution in [0.5, 0.6) is 0 Å². The number of thiazole rings is 1. The first-order valence-corrected chi connectivity index (χ1v) is 9.53. The monoisotopic (exact) mass is 366 g/mol. The molecule has 0 aliphatic carbocycles. The van der Waals surface area contributed by atoms with E-state index < -0.39 is 11.7 Å². The molecule has 0 spiro atoms. The summed E-state index contributed by atoms with van der Waals surface area (Å²) in [6.45, 7) is 3.19. The van der Waals surface area contributed by atoms with Crippen LogP contribution in [-0.2, 0) is 17.8 Å². The first-order valence-electron chi connectivity index (χ1n) is 8.71. The number of nitrogens with zero attached hydrogens (tertiary/aromatic N) is 2. The number of carbonyl (C=O) groups is 2. The number of aryl methyl sites for hydroxylation is 1. The minimum absolute atomic E-state index is 0.400. The molecule has 5 nitrogen and oxygen atoms in total. The highest BCUT2D eigenvalue weighted by molar-refractivity contribution is 7.18. The summed E-state index contributed by atoms with van der Waals surface area (Å²) in [6.07, 6.45) is 0.845. The van der Waals surface area contributed by atoms with Gasteiger partial charge in [0.2, 0.25) is 0 Å². The molecule has 1 unspecified atom stereocenters. The van der Waals surface area contributed by atoms with E-state index in [2.05, 4.69) is 11.1 Å². The highest BCUT2D eigenvalue weighted by Gasteiger charge is 2.37. The molecule has 2 aromatic carbocycles. The zero-order valence-corrected chi connectivity index (χ0v) is 15.6. The van der Waals surface area contributed by atoms with Crippen LogP contribution in [0.3, 0.4) is 0 Å². The van der Waals surface area contributed by atoms with Crippen LogP contribution < -0.4 is 9.80 Å². The number of amides is 1. The fourth-order valence-electron chi connectivity index (χ4n) is 3.30. The van der Waals surface area contributed by atoms with E-state index in [1.165, 1.54) is 4.70 Å². The summed E-state index contributed by atoms with van der Waals surface area (Å²) in [7, 11) is 2.02. The van der Waals surface area contributed by atoms with Crippen molar-refractivity contribution in [2.45, 2.75) is 19.9 Å². The number of quaternary nitrogens is 1. The average molecular weight is 366 g/mol. The van der Waals surface area contributed by atoms with E-state index in [0.717, 1.165) is 33.1 Å². The van der Waals surface area contributed by atoms with E-state index >= 15 is 0 Å². The lowest BCUT2D eigenvalue weighted by Gasteiger charge is -2.21. The maximum absolute atomic E-state index is 12.4. The fourth-order valence-corrected chi connectivity index (χ4v) is 4.39. The Morgan fingerprint density at radius 1 is 1.15 bits per heavy atom. The summed E-state index contributed by atoms with van der Waals surface area (Å²) in [4.78, 5) is 32.1. The molecule has 0 fully saturated rings. The van der Waals surface area contributed by atoms with Crippen LogP contribution in [0, 0.1) is 0 Å². The number of fused-ring (bicyclic) bond motifs is 2. The van der Waals surface area contributed by atoms with Gasteiger partial charge in [-0.25, -0.2) is 4.98 Å². The lowest BCUT2D eigenvalue weighted by atomic mass is 10.1. The van der Waals surface area contributed by atoms with Gasteiger partial charge >= 0.3 is 5.91 Å². The highest BCUT2D eigenvalue weighted by Crippen LogP contribution is 2.29. The van der Waals surface area contributed by atoms with Crippen LogP contribution in [0.2, 0.25) is 0 Å². The van der Waals surface area contributed by atoms with E-state index in [0.29, 0.717) is 18.8 Å². The number of rotatable bonds is 5. The predicted octanol–water partition coefficient (Wildman–Crippen LogP) is 2.06. The van der Waals surface area contributed by atoms with Crippen molar-refractivity contribution >= 4 is 38.9 Å². The molecule has 1 amide bonds. The summed E-state index contributed by atoms with van der Waals surface area (Å²) in [5.41, 5.74) is 3.33. The molecule has 0 saturated carbocycles. The van der Waals surface area contributed by atoms with Crippen molar-refractivity contribution in [3.63, 3.8) is 0 Å². The van der Waals surface area contributed by atoms with Crippen LogP contribution in [0.15, 0.2) is 42.5 Å². The van der Waals surface area contributed by atoms with Crippen molar-refractivity contribution in [1.29, 1.82) is 0 Å². The Kier molecular flexibility index (Phi) is 4.30. The molecule has 2 heterocycles. The van der Waals surface area contributed by atoms with Crippen molar-refractivity contribution in [1.82, 2.24) is 4.98 Å². The zero-order chi connectivity index (χ0) is 18.3. The van der Waals surface area contributed by atoms with Crippen molar-refractivity contribution < 1.29 is 14.5 Å². The maximum Gasteiger partial charge on any atom is 0.303 e. The van der Waals surface area contributed by atoms with Gasteiger partial charge in [0.05, 0.1) is 28.5 Å². The average Bonchev–Trinajstić information content (AvgIpc) is 3.15. The van der Waals surface area contributed by atoms with Gasteiger partial charge in [0.15, 0.2) is 6.67 Å². The van der Waals surface area contributed by atoms with Crippen molar-refractivity contribution in [2.24, 2.45) is 0 Å². The lowest BCUT2D eigenvalue weighted by molar-refractivity contribution is -0.892. The Balaban J connectivity index is 1.53. The number of ketones is 1. The Hall–Kier alpha value is -2.57. The summed E-state index contributed by atoms with van der Waals surface area (Å²) in [5.74, 6) is -0.833. The normalized spacial score (nSPS) is 14.9. The van der Waals surface area contributed by atoms with Crippen molar-refractivity contribution in [3.8, 4) is 0 Å². The Labute approximate surface area is 155 Å². The van der Waals surface area contributed by atoms with Crippen LogP contribution in [-0.4, -0.2) is 30.4 Å². The fraction of sp³-hybridized carbons (Fsp3) is 0.250. The minimum atomic E-state index is -0.433. The molecule has 132 valence electrons. The minimum Gasteiger partial charge on any atom is -0.314 e. The predicted molar refractivity (Wildman–Crippen MR) is 103 cm³/mol. The van der Waals surface area contributed by atoms with Gasteiger partial charge in [-0.3, -0.25) is 14.5 Å². The summed E-state index contributed by atoms with van der Waals surface area (Å²) in [6, 6.07) is 13.8. The van der Waals surface area contributed by atoms with Gasteiger partial charge in [-0.1, -0.05) is 25.1 Å². The van der Waals surface area contributed by atoms with Gasteiger partial charge in [0, 0.05) is 0 Å². The summed E-state index contributed by atoms with van der Waals surface area (Å²) >= 11 is 1.67. The molecule has 1 aliphatic rings. The molecule has 26 heavy (non-hydrogen) atoms. The maximum atomic E-state index is 12.4. The van der Waals surface area contributed by atoms with Gasteiger partial charge in [0.1, 0.15) is 11.6 Å². The van der Waals surface area contributed by atoms with Gasteiger partial charge in [-0.15, -0.1) is 11.3 Å². The third-order valence-corrected chi connectivity index (χ3v) is 5.70. The van der Waals surface area contributed by atoms with E-state index in [9.17, 15) is 9.59 Å². The van der Waals surface area contributed by atoms with Gasteiger partial charge in [-0.05, 0) is 36.2 Å². The van der Waals surface area contributed by atoms with E-state index in [4.69, 9.17) is 0 Å². The molecule has 0 radical (unpaired) electrons.